The van der Waals surface area contributed by atoms with E-state index in [1.807, 2.05) is 24.5 Å². The highest BCUT2D eigenvalue weighted by Crippen LogP contribution is 2.10. The topological polar surface area (TPSA) is 37.4 Å². The second-order valence-electron chi connectivity index (χ2n) is 4.21. The number of ether oxygens (including phenoxy) is 1. The Morgan fingerprint density at radius 1 is 1.41 bits per heavy atom. The summed E-state index contributed by atoms with van der Waals surface area (Å²) in [4.78, 5) is 6.38. The molecule has 1 unspecified atom stereocenters. The molecule has 2 rings (SSSR count). The zero-order valence-corrected chi connectivity index (χ0v) is 10.3. The van der Waals surface area contributed by atoms with Gasteiger partial charge >= 0.3 is 0 Å². The number of methoxy groups -OCH3 is 1. The van der Waals surface area contributed by atoms with E-state index in [1.165, 1.54) is 5.56 Å². The molecule has 0 spiro atoms. The summed E-state index contributed by atoms with van der Waals surface area (Å²) in [6.07, 6.45) is 6.92. The van der Waals surface area contributed by atoms with Crippen molar-refractivity contribution in [3.63, 3.8) is 0 Å². The van der Waals surface area contributed by atoms with Gasteiger partial charge in [-0.05, 0) is 24.1 Å². The molecular formula is C13H20N3O. The quantitative estimate of drug-likeness (QED) is 0.814. The highest BCUT2D eigenvalue weighted by molar-refractivity contribution is 5.12. The highest BCUT2D eigenvalue weighted by Gasteiger charge is 2.19. The summed E-state index contributed by atoms with van der Waals surface area (Å²) in [6.45, 7) is 4.18. The van der Waals surface area contributed by atoms with Gasteiger partial charge in [-0.3, -0.25) is 9.88 Å². The minimum Gasteiger partial charge on any atom is -0.366 e. The Morgan fingerprint density at radius 2 is 2.12 bits per heavy atom. The van der Waals surface area contributed by atoms with Crippen LogP contribution in [0.4, 0.5) is 0 Å². The molecule has 1 aromatic rings. The normalized spacial score (nSPS) is 19.1. The monoisotopic (exact) mass is 234 g/mol. The fraction of sp³-hybridized carbons (Fsp3) is 0.538. The molecule has 4 heteroatoms. The van der Waals surface area contributed by atoms with Crippen LogP contribution in [-0.2, 0) is 11.2 Å². The number of hydrogen-bond acceptors (Lipinski definition) is 4. The predicted molar refractivity (Wildman–Crippen MR) is 67.5 cm³/mol. The lowest BCUT2D eigenvalue weighted by atomic mass is 10.1. The minimum absolute atomic E-state index is 0.116. The van der Waals surface area contributed by atoms with Gasteiger partial charge in [-0.15, -0.1) is 0 Å². The zero-order chi connectivity index (χ0) is 11.9. The van der Waals surface area contributed by atoms with Gasteiger partial charge in [0.25, 0.3) is 0 Å². The van der Waals surface area contributed by atoms with Gasteiger partial charge in [-0.2, -0.15) is 0 Å². The lowest BCUT2D eigenvalue weighted by Crippen LogP contribution is -2.49. The minimum atomic E-state index is 0.116. The van der Waals surface area contributed by atoms with Gasteiger partial charge in [0.2, 0.25) is 0 Å². The molecule has 17 heavy (non-hydrogen) atoms. The molecule has 1 atom stereocenters. The third-order valence-electron chi connectivity index (χ3n) is 3.06. The standard InChI is InChI=1S/C13H20N3O/c1-17-13(16-10-8-15-9-11-16)3-2-12-4-6-14-7-5-12/h3-7,13,15H,2,8-11H2,1H3. The summed E-state index contributed by atoms with van der Waals surface area (Å²) in [5, 5.41) is 3.35. The molecule has 0 saturated carbocycles. The summed E-state index contributed by atoms with van der Waals surface area (Å²) in [5.74, 6) is 0. The largest absolute Gasteiger partial charge is 0.366 e. The number of nitrogens with zero attached hydrogens (tertiary/aromatic N) is 2. The van der Waals surface area contributed by atoms with Crippen LogP contribution in [0, 0.1) is 6.42 Å². The van der Waals surface area contributed by atoms with Crippen molar-refractivity contribution in [1.82, 2.24) is 15.2 Å². The fourth-order valence-corrected chi connectivity index (χ4v) is 2.09. The molecule has 0 amide bonds. The van der Waals surface area contributed by atoms with Crippen LogP contribution in [-0.4, -0.2) is 49.4 Å². The van der Waals surface area contributed by atoms with Crippen LogP contribution in [0.25, 0.3) is 0 Å². The van der Waals surface area contributed by atoms with Crippen molar-refractivity contribution < 1.29 is 4.74 Å². The van der Waals surface area contributed by atoms with Crippen LogP contribution in [0.15, 0.2) is 24.5 Å². The number of piperazine rings is 1. The van der Waals surface area contributed by atoms with Gasteiger partial charge in [0.15, 0.2) is 0 Å². The molecule has 1 radical (unpaired) electrons. The van der Waals surface area contributed by atoms with E-state index in [0.717, 1.165) is 32.6 Å². The lowest BCUT2D eigenvalue weighted by molar-refractivity contribution is -0.0161. The number of pyridine rings is 1. The molecule has 1 N–H and O–H groups in total. The van der Waals surface area contributed by atoms with Crippen LogP contribution in [0.5, 0.6) is 0 Å². The summed E-state index contributed by atoms with van der Waals surface area (Å²) in [7, 11) is 1.77. The van der Waals surface area contributed by atoms with Gasteiger partial charge < -0.3 is 10.1 Å². The Labute approximate surface area is 103 Å². The molecule has 93 valence electrons. The maximum Gasteiger partial charge on any atom is 0.113 e. The first kappa shape index (κ1) is 12.5. The van der Waals surface area contributed by atoms with Crippen LogP contribution < -0.4 is 5.32 Å². The third-order valence-corrected chi connectivity index (χ3v) is 3.06. The summed E-state index contributed by atoms with van der Waals surface area (Å²) in [5.41, 5.74) is 1.28. The molecule has 1 saturated heterocycles. The second-order valence-corrected chi connectivity index (χ2v) is 4.21. The molecule has 1 fully saturated rings. The van der Waals surface area contributed by atoms with E-state index >= 15 is 0 Å². The van der Waals surface area contributed by atoms with Crippen molar-refractivity contribution in [2.75, 3.05) is 33.3 Å². The van der Waals surface area contributed by atoms with Gasteiger partial charge in [0.1, 0.15) is 6.23 Å². The summed E-state index contributed by atoms with van der Waals surface area (Å²) < 4.78 is 5.54. The van der Waals surface area contributed by atoms with E-state index in [2.05, 4.69) is 21.6 Å². The first-order valence-corrected chi connectivity index (χ1v) is 6.10. The Morgan fingerprint density at radius 3 is 2.76 bits per heavy atom. The maximum atomic E-state index is 5.54. The van der Waals surface area contributed by atoms with E-state index < -0.39 is 0 Å². The van der Waals surface area contributed by atoms with Crippen molar-refractivity contribution in [3.8, 4) is 0 Å². The number of hydrogen-bond donors (Lipinski definition) is 1. The molecule has 0 aromatic carbocycles. The Bertz CT molecular complexity index is 312. The average Bonchev–Trinajstić information content (AvgIpc) is 2.42. The van der Waals surface area contributed by atoms with E-state index in [-0.39, 0.29) is 6.23 Å². The van der Waals surface area contributed by atoms with Crippen molar-refractivity contribution in [2.45, 2.75) is 12.6 Å². The fourth-order valence-electron chi connectivity index (χ4n) is 2.09. The number of rotatable bonds is 5. The van der Waals surface area contributed by atoms with Crippen LogP contribution >= 0.6 is 0 Å². The van der Waals surface area contributed by atoms with Gasteiger partial charge in [0.05, 0.1) is 0 Å². The number of nitrogens with one attached hydrogen (secondary N) is 1. The van der Waals surface area contributed by atoms with Crippen molar-refractivity contribution in [3.05, 3.63) is 36.5 Å². The first-order chi connectivity index (χ1) is 8.40. The second kappa shape index (κ2) is 6.69. The Hall–Kier alpha value is -0.970. The van der Waals surface area contributed by atoms with Crippen molar-refractivity contribution >= 4 is 0 Å². The Balaban J connectivity index is 1.82. The first-order valence-electron chi connectivity index (χ1n) is 6.10. The van der Waals surface area contributed by atoms with E-state index in [1.54, 1.807) is 7.11 Å². The van der Waals surface area contributed by atoms with Crippen LogP contribution in [0.1, 0.15) is 5.56 Å². The van der Waals surface area contributed by atoms with Crippen molar-refractivity contribution in [1.29, 1.82) is 0 Å². The van der Waals surface area contributed by atoms with Gasteiger partial charge in [0, 0.05) is 52.1 Å². The Kier molecular flexibility index (Phi) is 4.91. The van der Waals surface area contributed by atoms with E-state index in [4.69, 9.17) is 4.74 Å². The number of aromatic nitrogens is 1. The molecule has 1 aliphatic heterocycles. The zero-order valence-electron chi connectivity index (χ0n) is 10.3. The predicted octanol–water partition coefficient (Wildman–Crippen LogP) is 0.706. The molecule has 0 aliphatic carbocycles. The molecular weight excluding hydrogens is 214 g/mol. The molecule has 1 aliphatic rings. The molecule has 4 nitrogen and oxygen atoms in total. The van der Waals surface area contributed by atoms with Crippen LogP contribution in [0.2, 0.25) is 0 Å². The van der Waals surface area contributed by atoms with E-state index in [9.17, 15) is 0 Å². The average molecular weight is 234 g/mol. The molecule has 1 aromatic heterocycles. The van der Waals surface area contributed by atoms with Gasteiger partial charge in [-0.25, -0.2) is 0 Å². The maximum absolute atomic E-state index is 5.54. The van der Waals surface area contributed by atoms with Crippen LogP contribution in [0.3, 0.4) is 0 Å². The molecule has 0 bridgehead atoms. The summed E-state index contributed by atoms with van der Waals surface area (Å²) >= 11 is 0. The van der Waals surface area contributed by atoms with E-state index in [0.29, 0.717) is 0 Å². The summed E-state index contributed by atoms with van der Waals surface area (Å²) in [6, 6.07) is 4.09. The van der Waals surface area contributed by atoms with Gasteiger partial charge in [-0.1, -0.05) is 0 Å². The lowest BCUT2D eigenvalue weighted by Gasteiger charge is -2.33. The smallest absolute Gasteiger partial charge is 0.113 e. The molecule has 2 heterocycles. The SMILES string of the molecule is COC([CH]Cc1ccncc1)N1CCNCC1. The third kappa shape index (κ3) is 3.77. The van der Waals surface area contributed by atoms with Crippen molar-refractivity contribution in [2.24, 2.45) is 0 Å². The highest BCUT2D eigenvalue weighted by atomic mass is 16.5.